The van der Waals surface area contributed by atoms with E-state index in [1.165, 1.54) is 0 Å². The van der Waals surface area contributed by atoms with Crippen molar-refractivity contribution < 1.29 is 14.3 Å². The number of carbonyl (C=O) groups is 1. The van der Waals surface area contributed by atoms with Crippen LogP contribution in [0.3, 0.4) is 0 Å². The summed E-state index contributed by atoms with van der Waals surface area (Å²) in [5.41, 5.74) is 2.48. The molecule has 0 aromatic carbocycles. The smallest absolute Gasteiger partial charge is 0.255 e. The van der Waals surface area contributed by atoms with Crippen LogP contribution in [-0.2, 0) is 16.0 Å². The van der Waals surface area contributed by atoms with Gasteiger partial charge in [0.1, 0.15) is 0 Å². The molecule has 0 bridgehead atoms. The molecule has 0 spiro atoms. The van der Waals surface area contributed by atoms with Crippen molar-refractivity contribution in [3.05, 3.63) is 17.0 Å². The van der Waals surface area contributed by atoms with Crippen molar-refractivity contribution >= 4 is 5.91 Å². The van der Waals surface area contributed by atoms with Gasteiger partial charge in [-0.05, 0) is 46.0 Å². The fraction of sp³-hybridized carbons (Fsp3) is 0.778. The summed E-state index contributed by atoms with van der Waals surface area (Å²) in [6.45, 7) is 9.81. The lowest BCUT2D eigenvalue weighted by Crippen LogP contribution is -2.49. The minimum absolute atomic E-state index is 0.00802. The maximum Gasteiger partial charge on any atom is 0.255 e. The molecule has 3 rings (SSSR count). The molecule has 0 unspecified atom stereocenters. The first-order chi connectivity index (χ1) is 11.6. The van der Waals surface area contributed by atoms with Crippen LogP contribution in [0.5, 0.6) is 0 Å². The highest BCUT2D eigenvalue weighted by Crippen LogP contribution is 2.30. The van der Waals surface area contributed by atoms with E-state index in [2.05, 4.69) is 10.4 Å². The van der Waals surface area contributed by atoms with Gasteiger partial charge >= 0.3 is 0 Å². The largest absolute Gasteiger partial charge is 0.381 e. The molecule has 3 heterocycles. The molecule has 2 fully saturated rings. The van der Waals surface area contributed by atoms with Crippen molar-refractivity contribution in [1.29, 1.82) is 0 Å². The average molecular weight is 335 g/mol. The van der Waals surface area contributed by atoms with E-state index in [-0.39, 0.29) is 11.9 Å². The molecule has 24 heavy (non-hydrogen) atoms. The molecule has 1 aromatic rings. The average Bonchev–Trinajstić information content (AvgIpc) is 2.90. The molecule has 0 aliphatic carbocycles. The Morgan fingerprint density at radius 2 is 1.92 bits per heavy atom. The highest BCUT2D eigenvalue weighted by Gasteiger charge is 2.35. The van der Waals surface area contributed by atoms with Gasteiger partial charge in [0.25, 0.3) is 5.91 Å². The highest BCUT2D eigenvalue weighted by atomic mass is 16.5. The number of hydrogen-bond donors (Lipinski definition) is 1. The predicted molar refractivity (Wildman–Crippen MR) is 91.1 cm³/mol. The molecule has 1 aromatic heterocycles. The van der Waals surface area contributed by atoms with Gasteiger partial charge in [-0.3, -0.25) is 9.48 Å². The topological polar surface area (TPSA) is 65.4 Å². The van der Waals surface area contributed by atoms with Gasteiger partial charge in [-0.2, -0.15) is 5.10 Å². The summed E-state index contributed by atoms with van der Waals surface area (Å²) in [4.78, 5) is 12.9. The van der Waals surface area contributed by atoms with Gasteiger partial charge in [0, 0.05) is 44.0 Å². The molecular formula is C18H29N3O3. The monoisotopic (exact) mass is 335 g/mol. The van der Waals surface area contributed by atoms with Crippen LogP contribution in [0.4, 0.5) is 0 Å². The van der Waals surface area contributed by atoms with E-state index in [9.17, 15) is 4.79 Å². The van der Waals surface area contributed by atoms with Gasteiger partial charge in [0.15, 0.2) is 0 Å². The number of aryl methyl sites for hydroxylation is 2. The number of nitrogens with zero attached hydrogens (tertiary/aromatic N) is 2. The third kappa shape index (κ3) is 3.49. The molecule has 134 valence electrons. The first kappa shape index (κ1) is 17.4. The maximum atomic E-state index is 12.9. The predicted octanol–water partition coefficient (Wildman–Crippen LogP) is 2.08. The minimum Gasteiger partial charge on any atom is -0.381 e. The first-order valence-corrected chi connectivity index (χ1v) is 9.12. The number of hydrogen-bond acceptors (Lipinski definition) is 4. The van der Waals surface area contributed by atoms with Crippen LogP contribution in [0.15, 0.2) is 0 Å². The SMILES string of the molecule is CCn1nc(C)c(C(=O)N[C@@H]2CCOC[C@@H]2C2CCOCC2)c1C. The fourth-order valence-electron chi connectivity index (χ4n) is 4.12. The number of nitrogens with one attached hydrogen (secondary N) is 1. The van der Waals surface area contributed by atoms with Crippen LogP contribution in [0, 0.1) is 25.7 Å². The quantitative estimate of drug-likeness (QED) is 0.915. The molecular weight excluding hydrogens is 306 g/mol. The zero-order valence-electron chi connectivity index (χ0n) is 15.0. The molecule has 0 radical (unpaired) electrons. The summed E-state index contributed by atoms with van der Waals surface area (Å²) < 4.78 is 13.1. The van der Waals surface area contributed by atoms with Gasteiger partial charge in [-0.15, -0.1) is 0 Å². The summed E-state index contributed by atoms with van der Waals surface area (Å²) in [7, 11) is 0. The Labute approximate surface area is 143 Å². The van der Waals surface area contributed by atoms with Crippen molar-refractivity contribution in [1.82, 2.24) is 15.1 Å². The summed E-state index contributed by atoms with van der Waals surface area (Å²) in [5.74, 6) is 0.965. The van der Waals surface area contributed by atoms with E-state index < -0.39 is 0 Å². The van der Waals surface area contributed by atoms with Crippen LogP contribution >= 0.6 is 0 Å². The lowest BCUT2D eigenvalue weighted by atomic mass is 9.79. The third-order valence-corrected chi connectivity index (χ3v) is 5.50. The zero-order chi connectivity index (χ0) is 17.1. The number of rotatable bonds is 4. The minimum atomic E-state index is 0.00802. The molecule has 0 saturated carbocycles. The van der Waals surface area contributed by atoms with Gasteiger partial charge in [0.2, 0.25) is 0 Å². The highest BCUT2D eigenvalue weighted by molar-refractivity contribution is 5.96. The molecule has 6 nitrogen and oxygen atoms in total. The fourth-order valence-corrected chi connectivity index (χ4v) is 4.12. The molecule has 2 saturated heterocycles. The second kappa shape index (κ2) is 7.66. The number of aromatic nitrogens is 2. The lowest BCUT2D eigenvalue weighted by Gasteiger charge is -2.39. The van der Waals surface area contributed by atoms with E-state index in [4.69, 9.17) is 9.47 Å². The summed E-state index contributed by atoms with van der Waals surface area (Å²) >= 11 is 0. The Morgan fingerprint density at radius 3 is 2.58 bits per heavy atom. The van der Waals surface area contributed by atoms with Crippen molar-refractivity contribution in [3.8, 4) is 0 Å². The molecule has 1 N–H and O–H groups in total. The van der Waals surface area contributed by atoms with E-state index in [0.29, 0.717) is 11.8 Å². The Bertz CT molecular complexity index is 578. The second-order valence-electron chi connectivity index (χ2n) is 6.92. The van der Waals surface area contributed by atoms with E-state index in [1.807, 2.05) is 25.5 Å². The van der Waals surface area contributed by atoms with Gasteiger partial charge in [0.05, 0.1) is 17.9 Å². The van der Waals surface area contributed by atoms with Crippen LogP contribution in [0.2, 0.25) is 0 Å². The number of ether oxygens (including phenoxy) is 2. The van der Waals surface area contributed by atoms with Crippen LogP contribution in [-0.4, -0.2) is 48.2 Å². The standard InChI is InChI=1S/C18H29N3O3/c1-4-21-13(3)17(12(2)20-21)18(22)19-16-7-10-24-11-15(16)14-5-8-23-9-6-14/h14-16H,4-11H2,1-3H3,(H,19,22)/t15-,16-/m1/s1. The normalized spacial score (nSPS) is 25.6. The van der Waals surface area contributed by atoms with Crippen LogP contribution < -0.4 is 5.32 Å². The van der Waals surface area contributed by atoms with E-state index >= 15 is 0 Å². The van der Waals surface area contributed by atoms with Crippen molar-refractivity contribution in [2.45, 2.75) is 52.6 Å². The van der Waals surface area contributed by atoms with Crippen molar-refractivity contribution in [3.63, 3.8) is 0 Å². The molecule has 2 aliphatic heterocycles. The maximum absolute atomic E-state index is 12.9. The second-order valence-corrected chi connectivity index (χ2v) is 6.92. The Morgan fingerprint density at radius 1 is 1.21 bits per heavy atom. The third-order valence-electron chi connectivity index (χ3n) is 5.50. The van der Waals surface area contributed by atoms with Gasteiger partial charge < -0.3 is 14.8 Å². The Balaban J connectivity index is 1.73. The van der Waals surface area contributed by atoms with Crippen molar-refractivity contribution in [2.24, 2.45) is 11.8 Å². The van der Waals surface area contributed by atoms with E-state index in [0.717, 1.165) is 69.2 Å². The number of amides is 1. The molecule has 1 amide bonds. The van der Waals surface area contributed by atoms with Gasteiger partial charge in [-0.1, -0.05) is 0 Å². The number of carbonyl (C=O) groups excluding carboxylic acids is 1. The molecule has 2 aliphatic rings. The molecule has 2 atom stereocenters. The first-order valence-electron chi connectivity index (χ1n) is 9.12. The summed E-state index contributed by atoms with van der Waals surface area (Å²) in [6, 6.07) is 0.179. The zero-order valence-corrected chi connectivity index (χ0v) is 15.0. The summed E-state index contributed by atoms with van der Waals surface area (Å²) in [5, 5.41) is 7.75. The van der Waals surface area contributed by atoms with Crippen LogP contribution in [0.1, 0.15) is 47.9 Å². The summed E-state index contributed by atoms with van der Waals surface area (Å²) in [6.07, 6.45) is 3.01. The van der Waals surface area contributed by atoms with E-state index in [1.54, 1.807) is 0 Å². The molecule has 6 heteroatoms. The lowest BCUT2D eigenvalue weighted by molar-refractivity contribution is -0.0259. The Hall–Kier alpha value is -1.40. The van der Waals surface area contributed by atoms with Crippen LogP contribution in [0.25, 0.3) is 0 Å². The van der Waals surface area contributed by atoms with Crippen molar-refractivity contribution in [2.75, 3.05) is 26.4 Å². The van der Waals surface area contributed by atoms with Gasteiger partial charge in [-0.25, -0.2) is 0 Å². The Kier molecular flexibility index (Phi) is 5.56.